The number of fused-ring (bicyclic) bond motifs is 1. The zero-order valence-electron chi connectivity index (χ0n) is 8.69. The Morgan fingerprint density at radius 2 is 2.50 bits per heavy atom. The maximum atomic E-state index is 13.0. The fourth-order valence-electron chi connectivity index (χ4n) is 1.89. The third-order valence-electron chi connectivity index (χ3n) is 2.70. The van der Waals surface area contributed by atoms with Crippen molar-refractivity contribution >= 4 is 5.65 Å². The first-order chi connectivity index (χ1) is 7.83. The predicted molar refractivity (Wildman–Crippen MR) is 56.7 cm³/mol. The van der Waals surface area contributed by atoms with Crippen molar-refractivity contribution in [3.63, 3.8) is 0 Å². The second-order valence-electron chi connectivity index (χ2n) is 3.84. The maximum absolute atomic E-state index is 13.0. The van der Waals surface area contributed by atoms with Crippen LogP contribution < -0.4 is 5.32 Å². The lowest BCUT2D eigenvalue weighted by atomic mass is 10.2. The molecule has 0 aliphatic carbocycles. The van der Waals surface area contributed by atoms with Gasteiger partial charge in [-0.2, -0.15) is 0 Å². The standard InChI is InChI=1S/C11H12FN3O/c12-8-1-3-15-7-9(14-11(15)5-8)10-6-13-2-4-16-10/h1,3,5,7,10,13H,2,4,6H2. The summed E-state index contributed by atoms with van der Waals surface area (Å²) in [5.74, 6) is -0.271. The Morgan fingerprint density at radius 3 is 3.31 bits per heavy atom. The highest BCUT2D eigenvalue weighted by Crippen LogP contribution is 2.18. The molecule has 3 heterocycles. The molecule has 3 rings (SSSR count). The van der Waals surface area contributed by atoms with E-state index >= 15 is 0 Å². The van der Waals surface area contributed by atoms with Crippen LogP contribution in [0.25, 0.3) is 5.65 Å². The second-order valence-corrected chi connectivity index (χ2v) is 3.84. The number of nitrogens with one attached hydrogen (secondary N) is 1. The first-order valence-electron chi connectivity index (χ1n) is 5.29. The Bertz CT molecular complexity index is 505. The number of ether oxygens (including phenoxy) is 1. The first kappa shape index (κ1) is 9.74. The molecule has 0 spiro atoms. The Labute approximate surface area is 92.1 Å². The maximum Gasteiger partial charge on any atom is 0.140 e. The van der Waals surface area contributed by atoms with Gasteiger partial charge < -0.3 is 14.5 Å². The van der Waals surface area contributed by atoms with Crippen LogP contribution in [0.2, 0.25) is 0 Å². The van der Waals surface area contributed by atoms with E-state index in [0.29, 0.717) is 12.3 Å². The summed E-state index contributed by atoms with van der Waals surface area (Å²) in [4.78, 5) is 4.36. The van der Waals surface area contributed by atoms with Crippen LogP contribution in [0.1, 0.15) is 11.8 Å². The van der Waals surface area contributed by atoms with E-state index in [2.05, 4.69) is 10.3 Å². The van der Waals surface area contributed by atoms with Gasteiger partial charge in [0.05, 0.1) is 12.3 Å². The molecule has 0 amide bonds. The zero-order chi connectivity index (χ0) is 11.0. The minimum Gasteiger partial charge on any atom is -0.369 e. The van der Waals surface area contributed by atoms with Gasteiger partial charge in [0.25, 0.3) is 0 Å². The van der Waals surface area contributed by atoms with Crippen LogP contribution in [0.5, 0.6) is 0 Å². The Morgan fingerprint density at radius 1 is 1.56 bits per heavy atom. The van der Waals surface area contributed by atoms with Crippen molar-refractivity contribution in [2.45, 2.75) is 6.10 Å². The molecule has 0 aromatic carbocycles. The van der Waals surface area contributed by atoms with Crippen LogP contribution in [0.3, 0.4) is 0 Å². The van der Waals surface area contributed by atoms with E-state index in [9.17, 15) is 4.39 Å². The quantitative estimate of drug-likeness (QED) is 0.784. The van der Waals surface area contributed by atoms with Gasteiger partial charge in [0, 0.05) is 31.5 Å². The van der Waals surface area contributed by atoms with Crippen LogP contribution in [0, 0.1) is 5.82 Å². The van der Waals surface area contributed by atoms with Gasteiger partial charge in [0.1, 0.15) is 17.6 Å². The number of imidazole rings is 1. The Kier molecular flexibility index (Phi) is 2.34. The minimum atomic E-state index is -0.271. The van der Waals surface area contributed by atoms with Gasteiger partial charge in [0.15, 0.2) is 0 Å². The molecule has 1 fully saturated rings. The van der Waals surface area contributed by atoms with Crippen LogP contribution in [-0.4, -0.2) is 29.1 Å². The molecule has 1 atom stereocenters. The van der Waals surface area contributed by atoms with E-state index in [1.807, 2.05) is 6.20 Å². The van der Waals surface area contributed by atoms with Gasteiger partial charge in [-0.15, -0.1) is 0 Å². The molecule has 16 heavy (non-hydrogen) atoms. The summed E-state index contributed by atoms with van der Waals surface area (Å²) >= 11 is 0. The molecule has 1 aliphatic rings. The van der Waals surface area contributed by atoms with Gasteiger partial charge in [-0.1, -0.05) is 0 Å². The smallest absolute Gasteiger partial charge is 0.140 e. The first-order valence-corrected chi connectivity index (χ1v) is 5.29. The highest BCUT2D eigenvalue weighted by molar-refractivity contribution is 5.40. The topological polar surface area (TPSA) is 38.6 Å². The van der Waals surface area contributed by atoms with Crippen molar-refractivity contribution in [1.82, 2.24) is 14.7 Å². The fourth-order valence-corrected chi connectivity index (χ4v) is 1.89. The van der Waals surface area contributed by atoms with E-state index in [-0.39, 0.29) is 11.9 Å². The molecule has 0 radical (unpaired) electrons. The molecular formula is C11H12FN3O. The van der Waals surface area contributed by atoms with Crippen LogP contribution in [-0.2, 0) is 4.74 Å². The minimum absolute atomic E-state index is 0.0308. The summed E-state index contributed by atoms with van der Waals surface area (Å²) in [6.07, 6.45) is 3.51. The number of hydrogen-bond donors (Lipinski definition) is 1. The third kappa shape index (κ3) is 1.68. The van der Waals surface area contributed by atoms with Crippen molar-refractivity contribution in [2.75, 3.05) is 19.7 Å². The van der Waals surface area contributed by atoms with E-state index in [4.69, 9.17) is 4.74 Å². The Hall–Kier alpha value is -1.46. The molecule has 0 bridgehead atoms. The monoisotopic (exact) mass is 221 g/mol. The molecular weight excluding hydrogens is 209 g/mol. The van der Waals surface area contributed by atoms with E-state index in [0.717, 1.165) is 18.8 Å². The lowest BCUT2D eigenvalue weighted by Crippen LogP contribution is -2.33. The molecule has 1 aliphatic heterocycles. The summed E-state index contributed by atoms with van der Waals surface area (Å²) in [6, 6.07) is 2.83. The SMILES string of the molecule is Fc1ccn2cc(C3CNCCO3)nc2c1. The summed E-state index contributed by atoms with van der Waals surface area (Å²) in [6.45, 7) is 2.32. The molecule has 0 saturated carbocycles. The molecule has 1 unspecified atom stereocenters. The van der Waals surface area contributed by atoms with Gasteiger partial charge >= 0.3 is 0 Å². The van der Waals surface area contributed by atoms with Crippen LogP contribution >= 0.6 is 0 Å². The highest BCUT2D eigenvalue weighted by Gasteiger charge is 2.18. The van der Waals surface area contributed by atoms with E-state index in [1.165, 1.54) is 12.1 Å². The summed E-state index contributed by atoms with van der Waals surface area (Å²) < 4.78 is 20.4. The average molecular weight is 221 g/mol. The number of halogens is 1. The molecule has 2 aromatic heterocycles. The predicted octanol–water partition coefficient (Wildman–Crippen LogP) is 1.13. The van der Waals surface area contributed by atoms with E-state index < -0.39 is 0 Å². The van der Waals surface area contributed by atoms with E-state index in [1.54, 1.807) is 10.6 Å². The summed E-state index contributed by atoms with van der Waals surface area (Å²) in [7, 11) is 0. The molecule has 5 heteroatoms. The number of hydrogen-bond acceptors (Lipinski definition) is 3. The van der Waals surface area contributed by atoms with Crippen molar-refractivity contribution in [1.29, 1.82) is 0 Å². The average Bonchev–Trinajstić information content (AvgIpc) is 2.73. The third-order valence-corrected chi connectivity index (χ3v) is 2.70. The van der Waals surface area contributed by atoms with Gasteiger partial charge in [0.2, 0.25) is 0 Å². The van der Waals surface area contributed by atoms with Crippen molar-refractivity contribution in [3.05, 3.63) is 36.0 Å². The lowest BCUT2D eigenvalue weighted by Gasteiger charge is -2.21. The largest absolute Gasteiger partial charge is 0.369 e. The molecule has 1 saturated heterocycles. The van der Waals surface area contributed by atoms with Crippen LogP contribution in [0.4, 0.5) is 4.39 Å². The number of morpholine rings is 1. The zero-order valence-corrected chi connectivity index (χ0v) is 8.69. The second kappa shape index (κ2) is 3.84. The van der Waals surface area contributed by atoms with Gasteiger partial charge in [-0.05, 0) is 6.07 Å². The molecule has 2 aromatic rings. The lowest BCUT2D eigenvalue weighted by molar-refractivity contribution is 0.0253. The van der Waals surface area contributed by atoms with Gasteiger partial charge in [-0.3, -0.25) is 0 Å². The van der Waals surface area contributed by atoms with Crippen molar-refractivity contribution in [3.8, 4) is 0 Å². The van der Waals surface area contributed by atoms with Crippen molar-refractivity contribution in [2.24, 2.45) is 0 Å². The van der Waals surface area contributed by atoms with Gasteiger partial charge in [-0.25, -0.2) is 9.37 Å². The fraction of sp³-hybridized carbons (Fsp3) is 0.364. The summed E-state index contributed by atoms with van der Waals surface area (Å²) in [5, 5.41) is 3.24. The molecule has 84 valence electrons. The Balaban J connectivity index is 1.97. The molecule has 4 nitrogen and oxygen atoms in total. The number of aromatic nitrogens is 2. The summed E-state index contributed by atoms with van der Waals surface area (Å²) in [5.41, 5.74) is 1.46. The molecule has 1 N–H and O–H groups in total. The number of rotatable bonds is 1. The number of pyridine rings is 1. The highest BCUT2D eigenvalue weighted by atomic mass is 19.1. The van der Waals surface area contributed by atoms with Crippen molar-refractivity contribution < 1.29 is 9.13 Å². The normalized spacial score (nSPS) is 21.4. The number of nitrogens with zero attached hydrogens (tertiary/aromatic N) is 2. The van der Waals surface area contributed by atoms with Crippen LogP contribution in [0.15, 0.2) is 24.5 Å².